The first-order chi connectivity index (χ1) is 13.0. The summed E-state index contributed by atoms with van der Waals surface area (Å²) in [5.74, 6) is 0.302. The average Bonchev–Trinajstić information content (AvgIpc) is 2.97. The molecule has 27 heavy (non-hydrogen) atoms. The van der Waals surface area contributed by atoms with Crippen molar-refractivity contribution >= 4 is 27.5 Å². The van der Waals surface area contributed by atoms with Gasteiger partial charge in [-0.3, -0.25) is 4.79 Å². The largest absolute Gasteiger partial charge is 0.322 e. The quantitative estimate of drug-likeness (QED) is 0.560. The Morgan fingerprint density at radius 2 is 1.52 bits per heavy atom. The minimum absolute atomic E-state index is 0.170. The lowest BCUT2D eigenvalue weighted by Crippen LogP contribution is -2.30. The van der Waals surface area contributed by atoms with Gasteiger partial charge in [-0.15, -0.1) is 11.3 Å². The third-order valence-corrected chi connectivity index (χ3v) is 8.83. The number of nitrogens with zero attached hydrogens (tertiary/aromatic N) is 2. The van der Waals surface area contributed by atoms with Crippen molar-refractivity contribution in [2.24, 2.45) is 0 Å². The van der Waals surface area contributed by atoms with E-state index in [1.165, 1.54) is 75.2 Å². The number of thiophene rings is 1. The molecule has 2 aliphatic carbocycles. The molecular formula is C23H30N2OS. The third-order valence-electron chi connectivity index (χ3n) is 7.66. The van der Waals surface area contributed by atoms with Crippen molar-refractivity contribution in [1.82, 2.24) is 9.88 Å². The second-order valence-electron chi connectivity index (χ2n) is 9.14. The Bertz CT molecular complexity index is 892. The van der Waals surface area contributed by atoms with E-state index in [9.17, 15) is 4.79 Å². The summed E-state index contributed by atoms with van der Waals surface area (Å²) in [6, 6.07) is 2.14. The molecule has 1 saturated heterocycles. The maximum absolute atomic E-state index is 13.8. The van der Waals surface area contributed by atoms with Crippen LogP contribution in [0.3, 0.4) is 0 Å². The Labute approximate surface area is 166 Å². The van der Waals surface area contributed by atoms with Crippen molar-refractivity contribution in [2.45, 2.75) is 96.1 Å². The van der Waals surface area contributed by atoms with Crippen LogP contribution in [-0.2, 0) is 0 Å². The van der Waals surface area contributed by atoms with Crippen molar-refractivity contribution in [2.75, 3.05) is 0 Å². The molecular weight excluding hydrogens is 352 g/mol. The molecule has 3 fully saturated rings. The first-order valence-corrected chi connectivity index (χ1v) is 11.5. The molecule has 0 unspecified atom stereocenters. The number of carbonyl (C=O) groups is 1. The first kappa shape index (κ1) is 17.7. The molecule has 5 rings (SSSR count). The minimum Gasteiger partial charge on any atom is -0.322 e. The van der Waals surface area contributed by atoms with Crippen molar-refractivity contribution in [3.8, 4) is 0 Å². The molecule has 0 radical (unpaired) electrons. The average molecular weight is 383 g/mol. The van der Waals surface area contributed by atoms with Crippen molar-refractivity contribution in [3.63, 3.8) is 0 Å². The summed E-state index contributed by atoms with van der Waals surface area (Å²) in [5.41, 5.74) is 3.78. The van der Waals surface area contributed by atoms with E-state index >= 15 is 0 Å². The summed E-state index contributed by atoms with van der Waals surface area (Å²) in [5, 5.41) is 1.20. The highest BCUT2D eigenvalue weighted by atomic mass is 32.1. The summed E-state index contributed by atoms with van der Waals surface area (Å²) in [6.45, 7) is 6.32. The fourth-order valence-electron chi connectivity index (χ4n) is 6.53. The van der Waals surface area contributed by atoms with E-state index in [0.29, 0.717) is 5.91 Å². The Morgan fingerprint density at radius 3 is 2.07 bits per heavy atom. The SMILES string of the molecule is Cc1cc(C)c2c(C)c(C(=O)N3C4(CCCCC4)C34CCCCC4)sc2n1. The molecule has 1 aliphatic heterocycles. The molecule has 0 atom stereocenters. The fraction of sp³-hybridized carbons (Fsp3) is 0.652. The molecule has 0 N–H and O–H groups in total. The van der Waals surface area contributed by atoms with Crippen LogP contribution < -0.4 is 0 Å². The second-order valence-corrected chi connectivity index (χ2v) is 10.1. The monoisotopic (exact) mass is 382 g/mol. The van der Waals surface area contributed by atoms with Gasteiger partial charge in [0.2, 0.25) is 0 Å². The summed E-state index contributed by atoms with van der Waals surface area (Å²) in [4.78, 5) is 22.9. The van der Waals surface area contributed by atoms with E-state index in [1.54, 1.807) is 11.3 Å². The Kier molecular flexibility index (Phi) is 3.95. The van der Waals surface area contributed by atoms with Crippen molar-refractivity contribution in [1.29, 1.82) is 0 Å². The van der Waals surface area contributed by atoms with Crippen molar-refractivity contribution in [3.05, 3.63) is 27.8 Å². The highest BCUT2D eigenvalue weighted by Gasteiger charge is 2.75. The summed E-state index contributed by atoms with van der Waals surface area (Å²) < 4.78 is 0. The van der Waals surface area contributed by atoms with E-state index in [1.807, 2.05) is 6.92 Å². The summed E-state index contributed by atoms with van der Waals surface area (Å²) >= 11 is 1.62. The second kappa shape index (κ2) is 6.04. The minimum atomic E-state index is 0.170. The molecule has 2 spiro atoms. The smallest absolute Gasteiger partial charge is 0.265 e. The van der Waals surface area contributed by atoms with E-state index < -0.39 is 0 Å². The van der Waals surface area contributed by atoms with Crippen molar-refractivity contribution < 1.29 is 4.79 Å². The molecule has 3 heterocycles. The molecule has 3 aliphatic rings. The zero-order chi connectivity index (χ0) is 18.8. The predicted molar refractivity (Wildman–Crippen MR) is 112 cm³/mol. The maximum Gasteiger partial charge on any atom is 0.265 e. The van der Waals surface area contributed by atoms with Gasteiger partial charge < -0.3 is 4.90 Å². The van der Waals surface area contributed by atoms with Gasteiger partial charge in [0, 0.05) is 11.1 Å². The number of hydrogen-bond donors (Lipinski definition) is 0. The van der Waals surface area contributed by atoms with Crippen LogP contribution in [0.4, 0.5) is 0 Å². The van der Waals surface area contributed by atoms with Gasteiger partial charge in [-0.1, -0.05) is 38.5 Å². The van der Waals surface area contributed by atoms with Crippen LogP contribution in [0.1, 0.15) is 90.7 Å². The highest BCUT2D eigenvalue weighted by molar-refractivity contribution is 7.20. The van der Waals surface area contributed by atoms with Crippen LogP contribution >= 0.6 is 11.3 Å². The standard InChI is InChI=1S/C23H30N2OS/c1-15-14-16(2)24-20-18(15)17(3)19(27-20)21(26)25-22(10-6-4-7-11-22)23(25)12-8-5-9-13-23/h14H,4-13H2,1-3H3. The lowest BCUT2D eigenvalue weighted by atomic mass is 9.73. The predicted octanol–water partition coefficient (Wildman–Crippen LogP) is 6.08. The molecule has 4 heteroatoms. The topological polar surface area (TPSA) is 33.0 Å². The number of amides is 1. The van der Waals surface area contributed by atoms with Gasteiger partial charge in [-0.25, -0.2) is 4.98 Å². The highest BCUT2D eigenvalue weighted by Crippen LogP contribution is 2.65. The van der Waals surface area contributed by atoms with Gasteiger partial charge >= 0.3 is 0 Å². The van der Waals surface area contributed by atoms with E-state index in [2.05, 4.69) is 24.8 Å². The summed E-state index contributed by atoms with van der Waals surface area (Å²) in [7, 11) is 0. The zero-order valence-corrected chi connectivity index (χ0v) is 17.7. The van der Waals surface area contributed by atoms with Gasteiger partial charge in [-0.05, 0) is 63.6 Å². The molecule has 0 bridgehead atoms. The van der Waals surface area contributed by atoms with Crippen LogP contribution in [-0.4, -0.2) is 26.9 Å². The first-order valence-electron chi connectivity index (χ1n) is 10.7. The zero-order valence-electron chi connectivity index (χ0n) is 16.9. The molecule has 2 aromatic heterocycles. The number of carbonyl (C=O) groups excluding carboxylic acids is 1. The Morgan fingerprint density at radius 1 is 0.963 bits per heavy atom. The lowest BCUT2D eigenvalue weighted by Gasteiger charge is -2.27. The maximum atomic E-state index is 13.8. The molecule has 0 aromatic carbocycles. The Hall–Kier alpha value is -1.42. The Balaban J connectivity index is 1.58. The fourth-order valence-corrected chi connectivity index (χ4v) is 7.76. The van der Waals surface area contributed by atoms with E-state index in [4.69, 9.17) is 4.98 Å². The molecule has 3 nitrogen and oxygen atoms in total. The number of hydrogen-bond acceptors (Lipinski definition) is 3. The molecule has 1 amide bonds. The van der Waals surface area contributed by atoms with E-state index in [-0.39, 0.29) is 11.1 Å². The number of aromatic nitrogens is 1. The van der Waals surface area contributed by atoms with E-state index in [0.717, 1.165) is 21.0 Å². The van der Waals surface area contributed by atoms with Crippen LogP contribution in [0.2, 0.25) is 0 Å². The summed E-state index contributed by atoms with van der Waals surface area (Å²) in [6.07, 6.45) is 12.7. The van der Waals surface area contributed by atoms with Gasteiger partial charge in [0.15, 0.2) is 0 Å². The third kappa shape index (κ3) is 2.31. The van der Waals surface area contributed by atoms with Crippen LogP contribution in [0.5, 0.6) is 0 Å². The lowest BCUT2D eigenvalue weighted by molar-refractivity contribution is 0.0819. The molecule has 2 aromatic rings. The van der Waals surface area contributed by atoms with Crippen LogP contribution in [0, 0.1) is 20.8 Å². The van der Waals surface area contributed by atoms with Gasteiger partial charge in [-0.2, -0.15) is 0 Å². The van der Waals surface area contributed by atoms with Crippen LogP contribution in [0.15, 0.2) is 6.07 Å². The van der Waals surface area contributed by atoms with Gasteiger partial charge in [0.05, 0.1) is 16.0 Å². The van der Waals surface area contributed by atoms with Gasteiger partial charge in [0.1, 0.15) is 4.83 Å². The molecule has 144 valence electrons. The number of fused-ring (bicyclic) bond motifs is 2. The normalized spacial score (nSPS) is 23.3. The molecule has 2 saturated carbocycles. The number of rotatable bonds is 1. The number of aryl methyl sites for hydroxylation is 3. The van der Waals surface area contributed by atoms with Gasteiger partial charge in [0.25, 0.3) is 5.91 Å². The number of pyridine rings is 1. The van der Waals surface area contributed by atoms with Crippen LogP contribution in [0.25, 0.3) is 10.2 Å².